The maximum absolute atomic E-state index is 9.08. The summed E-state index contributed by atoms with van der Waals surface area (Å²) in [6, 6.07) is 0. The van der Waals surface area contributed by atoms with Gasteiger partial charge in [0.1, 0.15) is 5.82 Å². The van der Waals surface area contributed by atoms with Gasteiger partial charge in [0.05, 0.1) is 10.6 Å². The van der Waals surface area contributed by atoms with Crippen LogP contribution in [0.4, 0.5) is 11.8 Å². The van der Waals surface area contributed by atoms with Crippen molar-refractivity contribution in [3.8, 4) is 0 Å². The molecule has 1 aromatic rings. The van der Waals surface area contributed by atoms with Gasteiger partial charge in [0.25, 0.3) is 0 Å². The fourth-order valence-corrected chi connectivity index (χ4v) is 1.29. The van der Waals surface area contributed by atoms with Gasteiger partial charge < -0.3 is 10.4 Å². The smallest absolute Gasteiger partial charge is 0.239 e. The van der Waals surface area contributed by atoms with E-state index < -0.39 is 0 Å². The number of aromatic nitrogens is 2. The Hall–Kier alpha value is -0.920. The highest BCUT2D eigenvalue weighted by atomic mass is 79.9. The second kappa shape index (κ2) is 5.84. The summed E-state index contributed by atoms with van der Waals surface area (Å²) in [5, 5.41) is 12.1. The minimum Gasteiger partial charge on any atom is -0.393 e. The summed E-state index contributed by atoms with van der Waals surface area (Å²) in [6.45, 7) is 2.38. The fraction of sp³-hybridized carbons (Fsp3) is 0.500. The Balaban J connectivity index is 2.59. The molecule has 0 aliphatic heterocycles. The van der Waals surface area contributed by atoms with E-state index in [2.05, 4.69) is 36.6 Å². The Kier molecular flexibility index (Phi) is 4.73. The topological polar surface area (TPSA) is 96.1 Å². The summed E-state index contributed by atoms with van der Waals surface area (Å²) in [5.74, 6) is 6.18. The van der Waals surface area contributed by atoms with Gasteiger partial charge in [-0.25, -0.2) is 10.8 Å². The summed E-state index contributed by atoms with van der Waals surface area (Å²) in [7, 11) is 0. The summed E-state index contributed by atoms with van der Waals surface area (Å²) in [6.07, 6.45) is 1.93. The molecule has 0 fully saturated rings. The van der Waals surface area contributed by atoms with Crippen LogP contribution >= 0.6 is 15.9 Å². The largest absolute Gasteiger partial charge is 0.393 e. The van der Waals surface area contributed by atoms with Crippen molar-refractivity contribution in [2.24, 2.45) is 5.84 Å². The second-order valence-corrected chi connectivity index (χ2v) is 3.95. The Bertz CT molecular complexity index is 320. The first-order valence-corrected chi connectivity index (χ1v) is 5.34. The first kappa shape index (κ1) is 12.2. The Morgan fingerprint density at radius 2 is 2.40 bits per heavy atom. The minimum absolute atomic E-state index is 0.329. The summed E-state index contributed by atoms with van der Waals surface area (Å²) in [5.41, 5.74) is 2.36. The van der Waals surface area contributed by atoms with Crippen molar-refractivity contribution in [3.05, 3.63) is 10.7 Å². The molecule has 0 aliphatic carbocycles. The van der Waals surface area contributed by atoms with E-state index in [0.717, 1.165) is 4.47 Å². The minimum atomic E-state index is -0.329. The molecule has 0 amide bonds. The highest BCUT2D eigenvalue weighted by Crippen LogP contribution is 2.19. The normalized spacial score (nSPS) is 12.3. The first-order chi connectivity index (χ1) is 7.13. The maximum Gasteiger partial charge on any atom is 0.239 e. The van der Waals surface area contributed by atoms with Crippen LogP contribution in [0.25, 0.3) is 0 Å². The SMILES string of the molecule is CC(O)CCNc1nc(NN)ncc1Br. The lowest BCUT2D eigenvalue weighted by molar-refractivity contribution is 0.188. The second-order valence-electron chi connectivity index (χ2n) is 3.10. The molecule has 1 aromatic heterocycles. The molecule has 7 heteroatoms. The number of nitrogens with two attached hydrogens (primary N) is 1. The van der Waals surface area contributed by atoms with Gasteiger partial charge in [-0.2, -0.15) is 4.98 Å². The predicted octanol–water partition coefficient (Wildman–Crippen LogP) is 0.708. The molecular weight excluding hydrogens is 262 g/mol. The van der Waals surface area contributed by atoms with Crippen molar-refractivity contribution >= 4 is 27.7 Å². The molecule has 0 aliphatic rings. The van der Waals surface area contributed by atoms with Gasteiger partial charge in [0.2, 0.25) is 5.95 Å². The first-order valence-electron chi connectivity index (χ1n) is 4.54. The van der Waals surface area contributed by atoms with Crippen molar-refractivity contribution in [1.82, 2.24) is 9.97 Å². The van der Waals surface area contributed by atoms with Crippen LogP contribution in [0, 0.1) is 0 Å². The number of halogens is 1. The highest BCUT2D eigenvalue weighted by Gasteiger charge is 2.04. The molecule has 1 heterocycles. The highest BCUT2D eigenvalue weighted by molar-refractivity contribution is 9.10. The van der Waals surface area contributed by atoms with Crippen LogP contribution in [0.2, 0.25) is 0 Å². The van der Waals surface area contributed by atoms with Crippen LogP contribution in [-0.4, -0.2) is 27.7 Å². The van der Waals surface area contributed by atoms with Gasteiger partial charge >= 0.3 is 0 Å². The molecule has 0 spiro atoms. The van der Waals surface area contributed by atoms with Gasteiger partial charge in [-0.1, -0.05) is 0 Å². The van der Waals surface area contributed by atoms with E-state index >= 15 is 0 Å². The number of anilines is 2. The molecule has 6 nitrogen and oxygen atoms in total. The molecule has 1 atom stereocenters. The van der Waals surface area contributed by atoms with Crippen LogP contribution in [0.1, 0.15) is 13.3 Å². The third-order valence-corrected chi connectivity index (χ3v) is 2.31. The number of hydrazine groups is 1. The van der Waals surface area contributed by atoms with E-state index in [1.807, 2.05) is 0 Å². The molecule has 15 heavy (non-hydrogen) atoms. The summed E-state index contributed by atoms with van der Waals surface area (Å²) < 4.78 is 0.757. The molecule has 0 bridgehead atoms. The number of nitrogens with one attached hydrogen (secondary N) is 2. The number of hydrogen-bond acceptors (Lipinski definition) is 6. The van der Waals surface area contributed by atoms with Crippen LogP contribution in [0.5, 0.6) is 0 Å². The molecule has 0 saturated carbocycles. The summed E-state index contributed by atoms with van der Waals surface area (Å²) in [4.78, 5) is 8.02. The number of aliphatic hydroxyl groups excluding tert-OH is 1. The van der Waals surface area contributed by atoms with E-state index in [1.54, 1.807) is 13.1 Å². The van der Waals surface area contributed by atoms with Crippen LogP contribution in [0.15, 0.2) is 10.7 Å². The lowest BCUT2D eigenvalue weighted by atomic mass is 10.3. The number of rotatable bonds is 5. The van der Waals surface area contributed by atoms with Gasteiger partial charge in [-0.05, 0) is 29.3 Å². The van der Waals surface area contributed by atoms with E-state index in [4.69, 9.17) is 10.9 Å². The Labute approximate surface area is 96.4 Å². The molecule has 1 unspecified atom stereocenters. The predicted molar refractivity (Wildman–Crippen MR) is 62.3 cm³/mol. The van der Waals surface area contributed by atoms with Gasteiger partial charge in [0.15, 0.2) is 0 Å². The van der Waals surface area contributed by atoms with Crippen molar-refractivity contribution in [2.75, 3.05) is 17.3 Å². The molecule has 1 rings (SSSR count). The average molecular weight is 276 g/mol. The number of nitrogen functional groups attached to an aromatic ring is 1. The third kappa shape index (κ3) is 3.98. The zero-order chi connectivity index (χ0) is 11.3. The quantitative estimate of drug-likeness (QED) is 0.467. The molecule has 84 valence electrons. The zero-order valence-electron chi connectivity index (χ0n) is 8.37. The van der Waals surface area contributed by atoms with Crippen molar-refractivity contribution in [2.45, 2.75) is 19.4 Å². The van der Waals surface area contributed by atoms with E-state index in [-0.39, 0.29) is 6.10 Å². The van der Waals surface area contributed by atoms with Crippen LogP contribution in [-0.2, 0) is 0 Å². The number of aliphatic hydroxyl groups is 1. The lowest BCUT2D eigenvalue weighted by Gasteiger charge is -2.09. The monoisotopic (exact) mass is 275 g/mol. The number of hydrogen-bond donors (Lipinski definition) is 4. The van der Waals surface area contributed by atoms with Crippen molar-refractivity contribution in [3.63, 3.8) is 0 Å². The summed E-state index contributed by atoms with van der Waals surface area (Å²) >= 11 is 3.31. The lowest BCUT2D eigenvalue weighted by Crippen LogP contribution is -2.14. The van der Waals surface area contributed by atoms with Crippen LogP contribution < -0.4 is 16.6 Å². The van der Waals surface area contributed by atoms with E-state index in [0.29, 0.717) is 24.7 Å². The zero-order valence-corrected chi connectivity index (χ0v) is 9.95. The molecule has 0 saturated heterocycles. The van der Waals surface area contributed by atoms with Gasteiger partial charge in [0, 0.05) is 12.7 Å². The number of nitrogens with zero attached hydrogens (tertiary/aromatic N) is 2. The average Bonchev–Trinajstić information content (AvgIpc) is 2.20. The third-order valence-electron chi connectivity index (χ3n) is 1.73. The van der Waals surface area contributed by atoms with Gasteiger partial charge in [-0.3, -0.25) is 5.43 Å². The maximum atomic E-state index is 9.08. The van der Waals surface area contributed by atoms with Crippen molar-refractivity contribution in [1.29, 1.82) is 0 Å². The van der Waals surface area contributed by atoms with Crippen molar-refractivity contribution < 1.29 is 5.11 Å². The molecule has 0 radical (unpaired) electrons. The molecule has 5 N–H and O–H groups in total. The van der Waals surface area contributed by atoms with Gasteiger partial charge in [-0.15, -0.1) is 0 Å². The Morgan fingerprint density at radius 1 is 1.67 bits per heavy atom. The standard InChI is InChI=1S/C8H14BrN5O/c1-5(15)2-3-11-7-6(9)4-12-8(13-7)14-10/h4-5,15H,2-3,10H2,1H3,(H2,11,12,13,14). The van der Waals surface area contributed by atoms with E-state index in [9.17, 15) is 0 Å². The van der Waals surface area contributed by atoms with Crippen LogP contribution in [0.3, 0.4) is 0 Å². The fourth-order valence-electron chi connectivity index (χ4n) is 0.960. The Morgan fingerprint density at radius 3 is 3.00 bits per heavy atom. The molecule has 0 aromatic carbocycles. The molecular formula is C8H14BrN5O. The van der Waals surface area contributed by atoms with E-state index in [1.165, 1.54) is 0 Å².